The molecule has 0 aliphatic carbocycles. The first-order valence-electron chi connectivity index (χ1n) is 9.09. The van der Waals surface area contributed by atoms with Crippen LogP contribution in [0.1, 0.15) is 23.6 Å². The lowest BCUT2D eigenvalue weighted by Crippen LogP contribution is -2.04. The number of ether oxygens (including phenoxy) is 3. The second kappa shape index (κ2) is 10.5. The molecule has 2 aromatic carbocycles. The summed E-state index contributed by atoms with van der Waals surface area (Å²) in [5.74, 6) is -0.0806. The minimum Gasteiger partial charge on any atom is -0.489 e. The van der Waals surface area contributed by atoms with E-state index in [9.17, 15) is 9.59 Å². The molecule has 3 rings (SSSR count). The van der Waals surface area contributed by atoms with E-state index in [1.54, 1.807) is 24.3 Å². The number of carbonyl (C=O) groups excluding carboxylic acids is 2. The first-order valence-corrected chi connectivity index (χ1v) is 10.8. The van der Waals surface area contributed by atoms with Crippen molar-refractivity contribution in [2.45, 2.75) is 13.5 Å². The van der Waals surface area contributed by atoms with Crippen molar-refractivity contribution in [2.24, 2.45) is 0 Å². The van der Waals surface area contributed by atoms with Crippen LogP contribution < -0.4 is 9.47 Å². The standard InChI is InChI=1S/C23H18Cl2O5S/c1-14(26)30-21-8-7-20(24)19(22(21)25)12-29-17-5-3-15(4-6-17)11-18(23(27)28-2)16-9-10-31-13-16/h3-11,13H,12H2,1-2H3/b18-11+. The third kappa shape index (κ3) is 5.88. The molecule has 0 N–H and O–H groups in total. The molecule has 1 aromatic heterocycles. The number of methoxy groups -OCH3 is 1. The van der Waals surface area contributed by atoms with Crippen molar-refractivity contribution in [3.63, 3.8) is 0 Å². The van der Waals surface area contributed by atoms with Crippen LogP contribution in [0, 0.1) is 0 Å². The van der Waals surface area contributed by atoms with E-state index in [4.69, 9.17) is 37.4 Å². The van der Waals surface area contributed by atoms with Crippen molar-refractivity contribution >= 4 is 58.1 Å². The molecule has 0 aliphatic heterocycles. The monoisotopic (exact) mass is 476 g/mol. The molecule has 0 fully saturated rings. The predicted octanol–water partition coefficient (Wildman–Crippen LogP) is 6.27. The topological polar surface area (TPSA) is 61.8 Å². The van der Waals surface area contributed by atoms with Gasteiger partial charge in [0, 0.05) is 17.5 Å². The van der Waals surface area contributed by atoms with Crippen LogP contribution in [0.3, 0.4) is 0 Å². The predicted molar refractivity (Wildman–Crippen MR) is 123 cm³/mol. The molecule has 0 saturated heterocycles. The van der Waals surface area contributed by atoms with Crippen molar-refractivity contribution in [1.29, 1.82) is 0 Å². The van der Waals surface area contributed by atoms with E-state index < -0.39 is 11.9 Å². The van der Waals surface area contributed by atoms with E-state index in [1.807, 2.05) is 29.0 Å². The summed E-state index contributed by atoms with van der Waals surface area (Å²) in [7, 11) is 1.35. The Bertz CT molecular complexity index is 1110. The normalized spacial score (nSPS) is 11.2. The Kier molecular flexibility index (Phi) is 7.74. The van der Waals surface area contributed by atoms with Gasteiger partial charge in [-0.15, -0.1) is 0 Å². The van der Waals surface area contributed by atoms with Gasteiger partial charge in [-0.05, 0) is 58.3 Å². The van der Waals surface area contributed by atoms with E-state index in [0.717, 1.165) is 11.1 Å². The highest BCUT2D eigenvalue weighted by Crippen LogP contribution is 2.34. The van der Waals surface area contributed by atoms with Gasteiger partial charge in [0.15, 0.2) is 0 Å². The van der Waals surface area contributed by atoms with Crippen LogP contribution in [0.25, 0.3) is 11.6 Å². The fourth-order valence-corrected chi connectivity index (χ4v) is 3.89. The summed E-state index contributed by atoms with van der Waals surface area (Å²) in [6.07, 6.45) is 1.76. The van der Waals surface area contributed by atoms with Gasteiger partial charge in [-0.25, -0.2) is 4.79 Å². The summed E-state index contributed by atoms with van der Waals surface area (Å²) in [4.78, 5) is 23.3. The zero-order chi connectivity index (χ0) is 22.4. The van der Waals surface area contributed by atoms with Crippen molar-refractivity contribution in [3.8, 4) is 11.5 Å². The van der Waals surface area contributed by atoms with Crippen molar-refractivity contribution < 1.29 is 23.8 Å². The first-order chi connectivity index (χ1) is 14.9. The van der Waals surface area contributed by atoms with E-state index in [1.165, 1.54) is 31.4 Å². The largest absolute Gasteiger partial charge is 0.489 e. The SMILES string of the molecule is COC(=O)/C(=C/c1ccc(OCc2c(Cl)ccc(OC(C)=O)c2Cl)cc1)c1ccsc1. The molecule has 160 valence electrons. The number of hydrogen-bond donors (Lipinski definition) is 0. The van der Waals surface area contributed by atoms with E-state index in [0.29, 0.717) is 21.9 Å². The summed E-state index contributed by atoms with van der Waals surface area (Å²) < 4.78 is 15.8. The molecule has 0 unspecified atom stereocenters. The number of carbonyl (C=O) groups is 2. The highest BCUT2D eigenvalue weighted by atomic mass is 35.5. The van der Waals surface area contributed by atoms with Crippen LogP contribution in [0.4, 0.5) is 0 Å². The lowest BCUT2D eigenvalue weighted by Gasteiger charge is -2.12. The van der Waals surface area contributed by atoms with E-state index in [-0.39, 0.29) is 17.4 Å². The van der Waals surface area contributed by atoms with Gasteiger partial charge in [-0.1, -0.05) is 35.3 Å². The van der Waals surface area contributed by atoms with Gasteiger partial charge in [0.25, 0.3) is 0 Å². The van der Waals surface area contributed by atoms with Gasteiger partial charge in [-0.2, -0.15) is 11.3 Å². The first kappa shape index (κ1) is 22.9. The molecule has 5 nitrogen and oxygen atoms in total. The Hall–Kier alpha value is -2.80. The molecule has 0 spiro atoms. The Morgan fingerprint density at radius 2 is 1.81 bits per heavy atom. The number of rotatable bonds is 7. The average Bonchev–Trinajstić information content (AvgIpc) is 3.28. The minimum atomic E-state index is -0.478. The Morgan fingerprint density at radius 1 is 1.06 bits per heavy atom. The molecule has 0 amide bonds. The van der Waals surface area contributed by atoms with Crippen LogP contribution >= 0.6 is 34.5 Å². The van der Waals surface area contributed by atoms with Crippen LogP contribution in [0.2, 0.25) is 10.0 Å². The van der Waals surface area contributed by atoms with Gasteiger partial charge in [0.2, 0.25) is 0 Å². The molecule has 31 heavy (non-hydrogen) atoms. The molecule has 3 aromatic rings. The molecule has 1 heterocycles. The molecule has 0 atom stereocenters. The fourth-order valence-electron chi connectivity index (χ4n) is 2.71. The zero-order valence-corrected chi connectivity index (χ0v) is 19.0. The summed E-state index contributed by atoms with van der Waals surface area (Å²) in [6.45, 7) is 1.38. The molecular weight excluding hydrogens is 459 g/mol. The van der Waals surface area contributed by atoms with Gasteiger partial charge in [0.05, 0.1) is 17.7 Å². The second-order valence-electron chi connectivity index (χ2n) is 6.35. The molecule has 8 heteroatoms. The third-order valence-corrected chi connectivity index (χ3v) is 5.67. The molecular formula is C23H18Cl2O5S. The maximum atomic E-state index is 12.1. The molecule has 0 radical (unpaired) electrons. The number of hydrogen-bond acceptors (Lipinski definition) is 6. The average molecular weight is 477 g/mol. The van der Waals surface area contributed by atoms with Crippen molar-refractivity contribution in [2.75, 3.05) is 7.11 Å². The van der Waals surface area contributed by atoms with Crippen LogP contribution in [-0.4, -0.2) is 19.0 Å². The minimum absolute atomic E-state index is 0.0876. The van der Waals surface area contributed by atoms with E-state index >= 15 is 0 Å². The van der Waals surface area contributed by atoms with Crippen LogP contribution in [0.5, 0.6) is 11.5 Å². The van der Waals surface area contributed by atoms with Gasteiger partial charge < -0.3 is 14.2 Å². The fraction of sp³-hybridized carbons (Fsp3) is 0.130. The summed E-state index contributed by atoms with van der Waals surface area (Å²) in [6, 6.07) is 12.2. The summed E-state index contributed by atoms with van der Waals surface area (Å²) in [5, 5.41) is 4.41. The Labute approximate surface area is 193 Å². The molecule has 0 bridgehead atoms. The van der Waals surface area contributed by atoms with Gasteiger partial charge in [-0.3, -0.25) is 4.79 Å². The molecule has 0 saturated carbocycles. The van der Waals surface area contributed by atoms with Crippen LogP contribution in [-0.2, 0) is 20.9 Å². The second-order valence-corrected chi connectivity index (χ2v) is 7.92. The summed E-state index contributed by atoms with van der Waals surface area (Å²) >= 11 is 14.0. The Balaban J connectivity index is 1.76. The smallest absolute Gasteiger partial charge is 0.338 e. The lowest BCUT2D eigenvalue weighted by molar-refractivity contribution is -0.134. The Morgan fingerprint density at radius 3 is 2.42 bits per heavy atom. The highest BCUT2D eigenvalue weighted by molar-refractivity contribution is 7.08. The van der Waals surface area contributed by atoms with Crippen LogP contribution in [0.15, 0.2) is 53.2 Å². The number of halogens is 2. The van der Waals surface area contributed by atoms with Crippen molar-refractivity contribution in [3.05, 3.63) is 80.0 Å². The number of thiophene rings is 1. The number of benzene rings is 2. The van der Waals surface area contributed by atoms with Crippen molar-refractivity contribution in [1.82, 2.24) is 0 Å². The summed E-state index contributed by atoms with van der Waals surface area (Å²) in [5.41, 5.74) is 2.59. The lowest BCUT2D eigenvalue weighted by atomic mass is 10.1. The molecule has 0 aliphatic rings. The zero-order valence-electron chi connectivity index (χ0n) is 16.7. The quantitative estimate of drug-likeness (QED) is 0.228. The van der Waals surface area contributed by atoms with E-state index in [2.05, 4.69) is 0 Å². The number of esters is 2. The maximum absolute atomic E-state index is 12.1. The van der Waals surface area contributed by atoms with Gasteiger partial charge in [0.1, 0.15) is 18.1 Å². The third-order valence-electron chi connectivity index (χ3n) is 4.22. The highest BCUT2D eigenvalue weighted by Gasteiger charge is 2.15. The maximum Gasteiger partial charge on any atom is 0.338 e. The van der Waals surface area contributed by atoms with Gasteiger partial charge >= 0.3 is 11.9 Å².